The summed E-state index contributed by atoms with van der Waals surface area (Å²) in [5.74, 6) is -0.0376. The minimum atomic E-state index is -4.54. The van der Waals surface area contributed by atoms with Crippen molar-refractivity contribution in [3.8, 4) is 0 Å². The largest absolute Gasteiger partial charge is 0.418 e. The Morgan fingerprint density at radius 1 is 1.15 bits per heavy atom. The van der Waals surface area contributed by atoms with Gasteiger partial charge >= 0.3 is 6.18 Å². The fourth-order valence-electron chi connectivity index (χ4n) is 2.28. The molecule has 1 heterocycles. The highest BCUT2D eigenvalue weighted by Crippen LogP contribution is 2.34. The van der Waals surface area contributed by atoms with Crippen LogP contribution >= 0.6 is 0 Å². The van der Waals surface area contributed by atoms with E-state index in [1.54, 1.807) is 6.07 Å². The van der Waals surface area contributed by atoms with Gasteiger partial charge < -0.3 is 15.5 Å². The molecule has 26 heavy (non-hydrogen) atoms. The number of aromatic nitrogens is 1. The zero-order valence-electron chi connectivity index (χ0n) is 14.6. The number of anilines is 2. The molecule has 5 nitrogen and oxygen atoms in total. The van der Waals surface area contributed by atoms with E-state index in [1.807, 2.05) is 14.1 Å². The number of amides is 1. The van der Waals surface area contributed by atoms with Gasteiger partial charge in [-0.25, -0.2) is 4.98 Å². The Hall–Kier alpha value is -2.61. The third-order valence-corrected chi connectivity index (χ3v) is 3.59. The molecule has 0 aliphatic rings. The van der Waals surface area contributed by atoms with Crippen molar-refractivity contribution in [1.82, 2.24) is 9.88 Å². The number of pyridine rings is 1. The Bertz CT molecular complexity index is 730. The molecule has 0 atom stereocenters. The van der Waals surface area contributed by atoms with E-state index >= 15 is 0 Å². The van der Waals surface area contributed by atoms with Crippen molar-refractivity contribution < 1.29 is 18.0 Å². The van der Waals surface area contributed by atoms with Crippen LogP contribution in [0.4, 0.5) is 24.7 Å². The predicted octanol–water partition coefficient (Wildman–Crippen LogP) is 3.72. The van der Waals surface area contributed by atoms with Gasteiger partial charge in [0, 0.05) is 12.7 Å². The monoisotopic (exact) mass is 366 g/mol. The van der Waals surface area contributed by atoms with Gasteiger partial charge in [0.15, 0.2) is 0 Å². The standard InChI is InChI=1S/C18H21F3N4O/c1-25(2)11-5-10-22-16-9-8-13(12-23-16)17(26)24-15-7-4-3-6-14(15)18(19,20)21/h3-4,6-9,12H,5,10-11H2,1-2H3,(H,22,23)(H,24,26). The molecule has 2 aromatic rings. The maximum Gasteiger partial charge on any atom is 0.418 e. The Balaban J connectivity index is 1.99. The lowest BCUT2D eigenvalue weighted by Gasteiger charge is -2.13. The number of rotatable bonds is 7. The second kappa shape index (κ2) is 8.66. The number of halogens is 3. The Labute approximate surface area is 150 Å². The minimum absolute atomic E-state index is 0.181. The van der Waals surface area contributed by atoms with Gasteiger partial charge in [0.25, 0.3) is 5.91 Å². The summed E-state index contributed by atoms with van der Waals surface area (Å²) in [6, 6.07) is 8.00. The molecule has 0 saturated heterocycles. The Kier molecular flexibility index (Phi) is 6.57. The number of benzene rings is 1. The first-order valence-corrected chi connectivity index (χ1v) is 8.09. The third-order valence-electron chi connectivity index (χ3n) is 3.59. The van der Waals surface area contributed by atoms with E-state index in [2.05, 4.69) is 20.5 Å². The van der Waals surface area contributed by atoms with Gasteiger partial charge in [-0.05, 0) is 51.3 Å². The van der Waals surface area contributed by atoms with Gasteiger partial charge in [0.2, 0.25) is 0 Å². The van der Waals surface area contributed by atoms with Gasteiger partial charge in [-0.3, -0.25) is 4.79 Å². The summed E-state index contributed by atoms with van der Waals surface area (Å²) in [7, 11) is 3.98. The number of carbonyl (C=O) groups excluding carboxylic acids is 1. The first-order valence-electron chi connectivity index (χ1n) is 8.09. The lowest BCUT2D eigenvalue weighted by Crippen LogP contribution is -2.17. The summed E-state index contributed by atoms with van der Waals surface area (Å²) < 4.78 is 38.9. The average Bonchev–Trinajstić information content (AvgIpc) is 2.58. The molecule has 0 bridgehead atoms. The van der Waals surface area contributed by atoms with Crippen LogP contribution in [0.2, 0.25) is 0 Å². The quantitative estimate of drug-likeness (QED) is 0.734. The normalized spacial score (nSPS) is 11.5. The molecule has 0 aliphatic carbocycles. The summed E-state index contributed by atoms with van der Waals surface area (Å²) in [5.41, 5.74) is -0.989. The van der Waals surface area contributed by atoms with Crippen molar-refractivity contribution in [1.29, 1.82) is 0 Å². The van der Waals surface area contributed by atoms with Crippen LogP contribution in [-0.2, 0) is 6.18 Å². The Morgan fingerprint density at radius 3 is 2.50 bits per heavy atom. The van der Waals surface area contributed by atoms with E-state index in [0.29, 0.717) is 5.82 Å². The van der Waals surface area contributed by atoms with Crippen LogP contribution in [0.5, 0.6) is 0 Å². The number of nitrogens with zero attached hydrogens (tertiary/aromatic N) is 2. The fraction of sp³-hybridized carbons (Fsp3) is 0.333. The van der Waals surface area contributed by atoms with Gasteiger partial charge in [-0.2, -0.15) is 13.2 Å². The topological polar surface area (TPSA) is 57.3 Å². The molecule has 0 aliphatic heterocycles. The molecule has 8 heteroatoms. The molecule has 140 valence electrons. The van der Waals surface area contributed by atoms with Gasteiger partial charge in [0.1, 0.15) is 5.82 Å². The summed E-state index contributed by atoms with van der Waals surface area (Å²) in [5, 5.41) is 5.42. The molecule has 0 spiro atoms. The minimum Gasteiger partial charge on any atom is -0.370 e. The van der Waals surface area contributed by atoms with Crippen LogP contribution in [0, 0.1) is 0 Å². The highest BCUT2D eigenvalue weighted by Gasteiger charge is 2.33. The molecule has 1 aromatic carbocycles. The lowest BCUT2D eigenvalue weighted by molar-refractivity contribution is -0.136. The number of para-hydroxylation sites is 1. The maximum absolute atomic E-state index is 13.0. The van der Waals surface area contributed by atoms with Crippen molar-refractivity contribution in [2.75, 3.05) is 37.8 Å². The lowest BCUT2D eigenvalue weighted by atomic mass is 10.1. The second-order valence-corrected chi connectivity index (χ2v) is 6.01. The number of alkyl halides is 3. The van der Waals surface area contributed by atoms with Crippen molar-refractivity contribution in [3.05, 3.63) is 53.7 Å². The number of hydrogen-bond acceptors (Lipinski definition) is 4. The van der Waals surface area contributed by atoms with Crippen molar-refractivity contribution >= 4 is 17.4 Å². The van der Waals surface area contributed by atoms with Crippen molar-refractivity contribution in [2.45, 2.75) is 12.6 Å². The van der Waals surface area contributed by atoms with E-state index in [9.17, 15) is 18.0 Å². The molecule has 1 amide bonds. The zero-order chi connectivity index (χ0) is 19.2. The molecule has 0 radical (unpaired) electrons. The van der Waals surface area contributed by atoms with Gasteiger partial charge in [-0.15, -0.1) is 0 Å². The maximum atomic E-state index is 13.0. The molecule has 0 fully saturated rings. The highest BCUT2D eigenvalue weighted by atomic mass is 19.4. The number of nitrogens with one attached hydrogen (secondary N) is 2. The van der Waals surface area contributed by atoms with E-state index in [1.165, 1.54) is 30.5 Å². The molecule has 0 unspecified atom stereocenters. The molecule has 0 saturated carbocycles. The third kappa shape index (κ3) is 5.73. The van der Waals surface area contributed by atoms with Crippen LogP contribution in [0.1, 0.15) is 22.3 Å². The van der Waals surface area contributed by atoms with Gasteiger partial charge in [-0.1, -0.05) is 12.1 Å². The van der Waals surface area contributed by atoms with E-state index < -0.39 is 17.6 Å². The molecular weight excluding hydrogens is 345 g/mol. The highest BCUT2D eigenvalue weighted by molar-refractivity contribution is 6.04. The first kappa shape index (κ1) is 19.7. The molecular formula is C18H21F3N4O. The van der Waals surface area contributed by atoms with E-state index in [4.69, 9.17) is 0 Å². The summed E-state index contributed by atoms with van der Waals surface area (Å²) in [4.78, 5) is 18.4. The van der Waals surface area contributed by atoms with Crippen molar-refractivity contribution in [2.24, 2.45) is 0 Å². The fourth-order valence-corrected chi connectivity index (χ4v) is 2.28. The second-order valence-electron chi connectivity index (χ2n) is 6.01. The van der Waals surface area contributed by atoms with Crippen LogP contribution in [0.3, 0.4) is 0 Å². The molecule has 2 N–H and O–H groups in total. The molecule has 1 aromatic heterocycles. The number of hydrogen-bond donors (Lipinski definition) is 2. The smallest absolute Gasteiger partial charge is 0.370 e. The summed E-state index contributed by atoms with van der Waals surface area (Å²) in [6.45, 7) is 1.67. The SMILES string of the molecule is CN(C)CCCNc1ccc(C(=O)Nc2ccccc2C(F)(F)F)cn1. The van der Waals surface area contributed by atoms with Crippen LogP contribution in [0.15, 0.2) is 42.6 Å². The van der Waals surface area contributed by atoms with Crippen LogP contribution in [0.25, 0.3) is 0 Å². The Morgan fingerprint density at radius 2 is 1.88 bits per heavy atom. The van der Waals surface area contributed by atoms with E-state index in [-0.39, 0.29) is 11.3 Å². The predicted molar refractivity (Wildman–Crippen MR) is 95.3 cm³/mol. The van der Waals surface area contributed by atoms with Crippen LogP contribution < -0.4 is 10.6 Å². The summed E-state index contributed by atoms with van der Waals surface area (Å²) >= 11 is 0. The van der Waals surface area contributed by atoms with Gasteiger partial charge in [0.05, 0.1) is 16.8 Å². The first-order chi connectivity index (χ1) is 12.3. The zero-order valence-corrected chi connectivity index (χ0v) is 14.6. The average molecular weight is 366 g/mol. The van der Waals surface area contributed by atoms with Crippen molar-refractivity contribution in [3.63, 3.8) is 0 Å². The summed E-state index contributed by atoms with van der Waals surface area (Å²) in [6.07, 6.45) is -2.27. The number of carbonyl (C=O) groups is 1. The van der Waals surface area contributed by atoms with E-state index in [0.717, 1.165) is 25.6 Å². The molecule has 2 rings (SSSR count). The van der Waals surface area contributed by atoms with Crippen LogP contribution in [-0.4, -0.2) is 43.0 Å².